The molecule has 1 atom stereocenters. The van der Waals surface area contributed by atoms with Crippen molar-refractivity contribution in [3.63, 3.8) is 0 Å². The number of hydrogen-bond donors (Lipinski definition) is 1. The Kier molecular flexibility index (Phi) is 9.14. The zero-order chi connectivity index (χ0) is 13.9. The zero-order valence-corrected chi connectivity index (χ0v) is 13.7. The molecule has 1 N–H and O–H groups in total. The van der Waals surface area contributed by atoms with Gasteiger partial charge in [-0.3, -0.25) is 0 Å². The highest BCUT2D eigenvalue weighted by molar-refractivity contribution is 9.10. The van der Waals surface area contributed by atoms with Crippen molar-refractivity contribution in [2.45, 2.75) is 52.2 Å². The van der Waals surface area contributed by atoms with Crippen LogP contribution >= 0.6 is 15.9 Å². The smallest absolute Gasteiger partial charge is 0.0728 e. The minimum absolute atomic E-state index is 0.596. The SMILES string of the molecule is CCCCCC(C)NCCOCc1ccccc1Br. The molecule has 2 nitrogen and oxygen atoms in total. The lowest BCUT2D eigenvalue weighted by molar-refractivity contribution is 0.120. The van der Waals surface area contributed by atoms with Gasteiger partial charge in [0.25, 0.3) is 0 Å². The maximum absolute atomic E-state index is 5.68. The number of unbranched alkanes of at least 4 members (excludes halogenated alkanes) is 2. The Balaban J connectivity index is 2.03. The van der Waals surface area contributed by atoms with Gasteiger partial charge in [0, 0.05) is 17.1 Å². The van der Waals surface area contributed by atoms with Crippen LogP contribution in [0.3, 0.4) is 0 Å². The Hall–Kier alpha value is -0.380. The van der Waals surface area contributed by atoms with Gasteiger partial charge in [0.05, 0.1) is 13.2 Å². The van der Waals surface area contributed by atoms with Crippen molar-refractivity contribution in [1.82, 2.24) is 5.32 Å². The third kappa shape index (κ3) is 7.71. The number of hydrogen-bond acceptors (Lipinski definition) is 2. The molecule has 0 aliphatic heterocycles. The Morgan fingerprint density at radius 1 is 1.26 bits per heavy atom. The summed E-state index contributed by atoms with van der Waals surface area (Å²) < 4.78 is 6.81. The van der Waals surface area contributed by atoms with Crippen LogP contribution in [0.25, 0.3) is 0 Å². The van der Waals surface area contributed by atoms with E-state index in [0.717, 1.165) is 17.6 Å². The van der Waals surface area contributed by atoms with E-state index in [0.29, 0.717) is 12.6 Å². The van der Waals surface area contributed by atoms with Crippen LogP contribution in [0.5, 0.6) is 0 Å². The molecule has 0 bridgehead atoms. The second-order valence-corrected chi connectivity index (χ2v) is 5.85. The summed E-state index contributed by atoms with van der Waals surface area (Å²) in [7, 11) is 0. The molecule has 0 spiro atoms. The quantitative estimate of drug-likeness (QED) is 0.638. The first-order chi connectivity index (χ1) is 9.24. The monoisotopic (exact) mass is 327 g/mol. The summed E-state index contributed by atoms with van der Waals surface area (Å²) in [6.45, 7) is 6.86. The molecule has 3 heteroatoms. The van der Waals surface area contributed by atoms with E-state index in [1.807, 2.05) is 18.2 Å². The van der Waals surface area contributed by atoms with Crippen molar-refractivity contribution in [3.8, 4) is 0 Å². The van der Waals surface area contributed by atoms with Crippen molar-refractivity contribution in [3.05, 3.63) is 34.3 Å². The predicted molar refractivity (Wildman–Crippen MR) is 85.4 cm³/mol. The third-order valence-corrected chi connectivity index (χ3v) is 3.97. The minimum Gasteiger partial charge on any atom is -0.375 e. The lowest BCUT2D eigenvalue weighted by atomic mass is 10.1. The first-order valence-corrected chi connectivity index (χ1v) is 8.08. The van der Waals surface area contributed by atoms with Crippen LogP contribution in [0.2, 0.25) is 0 Å². The van der Waals surface area contributed by atoms with E-state index >= 15 is 0 Å². The van der Waals surface area contributed by atoms with E-state index in [1.54, 1.807) is 0 Å². The second-order valence-electron chi connectivity index (χ2n) is 4.99. The normalized spacial score (nSPS) is 12.6. The summed E-state index contributed by atoms with van der Waals surface area (Å²) in [5.74, 6) is 0. The summed E-state index contributed by atoms with van der Waals surface area (Å²) in [6, 6.07) is 8.79. The average Bonchev–Trinajstić information content (AvgIpc) is 2.41. The Labute approximate surface area is 126 Å². The summed E-state index contributed by atoms with van der Waals surface area (Å²) in [5.41, 5.74) is 1.21. The minimum atomic E-state index is 0.596. The molecule has 0 amide bonds. The molecule has 1 unspecified atom stereocenters. The lowest BCUT2D eigenvalue weighted by Gasteiger charge is -2.13. The third-order valence-electron chi connectivity index (χ3n) is 3.20. The highest BCUT2D eigenvalue weighted by Crippen LogP contribution is 2.16. The van der Waals surface area contributed by atoms with E-state index in [9.17, 15) is 0 Å². The van der Waals surface area contributed by atoms with E-state index in [1.165, 1.54) is 31.2 Å². The van der Waals surface area contributed by atoms with Crippen molar-refractivity contribution in [2.24, 2.45) is 0 Å². The van der Waals surface area contributed by atoms with Crippen LogP contribution in [0.1, 0.15) is 45.1 Å². The summed E-state index contributed by atoms with van der Waals surface area (Å²) in [4.78, 5) is 0. The zero-order valence-electron chi connectivity index (χ0n) is 12.1. The molecule has 0 aromatic heterocycles. The van der Waals surface area contributed by atoms with Crippen LogP contribution < -0.4 is 5.32 Å². The maximum atomic E-state index is 5.68. The predicted octanol–water partition coefficient (Wildman–Crippen LogP) is 4.52. The molecule has 1 aromatic rings. The lowest BCUT2D eigenvalue weighted by Crippen LogP contribution is -2.29. The number of benzene rings is 1. The molecule has 19 heavy (non-hydrogen) atoms. The Bertz CT molecular complexity index is 343. The fourth-order valence-corrected chi connectivity index (χ4v) is 2.38. The molecule has 0 saturated carbocycles. The Morgan fingerprint density at radius 2 is 2.05 bits per heavy atom. The van der Waals surface area contributed by atoms with Gasteiger partial charge in [-0.1, -0.05) is 60.3 Å². The standard InChI is InChI=1S/C16H26BrNO/c1-3-4-5-8-14(2)18-11-12-19-13-15-9-6-7-10-16(15)17/h6-7,9-10,14,18H,3-5,8,11-13H2,1-2H3. The van der Waals surface area contributed by atoms with Crippen molar-refractivity contribution < 1.29 is 4.74 Å². The topological polar surface area (TPSA) is 21.3 Å². The van der Waals surface area contributed by atoms with Crippen molar-refractivity contribution >= 4 is 15.9 Å². The molecule has 0 aliphatic carbocycles. The van der Waals surface area contributed by atoms with Gasteiger partial charge in [-0.25, -0.2) is 0 Å². The molecular formula is C16H26BrNO. The molecule has 0 radical (unpaired) electrons. The van der Waals surface area contributed by atoms with Crippen LogP contribution in [0, 0.1) is 0 Å². The van der Waals surface area contributed by atoms with Gasteiger partial charge >= 0.3 is 0 Å². The number of halogens is 1. The molecule has 1 rings (SSSR count). The van der Waals surface area contributed by atoms with Gasteiger partial charge < -0.3 is 10.1 Å². The number of nitrogens with one attached hydrogen (secondary N) is 1. The van der Waals surface area contributed by atoms with Crippen LogP contribution in [0.15, 0.2) is 28.7 Å². The van der Waals surface area contributed by atoms with Gasteiger partial charge in [-0.05, 0) is 25.0 Å². The highest BCUT2D eigenvalue weighted by Gasteiger charge is 2.01. The van der Waals surface area contributed by atoms with Gasteiger partial charge in [0.15, 0.2) is 0 Å². The molecular weight excluding hydrogens is 302 g/mol. The fraction of sp³-hybridized carbons (Fsp3) is 0.625. The molecule has 108 valence electrons. The summed E-state index contributed by atoms with van der Waals surface area (Å²) >= 11 is 3.53. The van der Waals surface area contributed by atoms with Gasteiger partial charge in [0.1, 0.15) is 0 Å². The molecule has 0 aliphatic rings. The number of ether oxygens (including phenoxy) is 1. The Morgan fingerprint density at radius 3 is 2.79 bits per heavy atom. The van der Waals surface area contributed by atoms with Crippen LogP contribution in [-0.2, 0) is 11.3 Å². The first kappa shape index (κ1) is 16.7. The van der Waals surface area contributed by atoms with Gasteiger partial charge in [0.2, 0.25) is 0 Å². The maximum Gasteiger partial charge on any atom is 0.0728 e. The molecule has 0 heterocycles. The van der Waals surface area contributed by atoms with Crippen LogP contribution in [0.4, 0.5) is 0 Å². The van der Waals surface area contributed by atoms with E-state index in [2.05, 4.69) is 41.2 Å². The van der Waals surface area contributed by atoms with Crippen LogP contribution in [-0.4, -0.2) is 19.2 Å². The highest BCUT2D eigenvalue weighted by atomic mass is 79.9. The fourth-order valence-electron chi connectivity index (χ4n) is 1.98. The second kappa shape index (κ2) is 10.4. The first-order valence-electron chi connectivity index (χ1n) is 7.28. The molecule has 0 fully saturated rings. The van der Waals surface area contributed by atoms with Gasteiger partial charge in [-0.2, -0.15) is 0 Å². The van der Waals surface area contributed by atoms with Gasteiger partial charge in [-0.15, -0.1) is 0 Å². The largest absolute Gasteiger partial charge is 0.375 e. The summed E-state index contributed by atoms with van der Waals surface area (Å²) in [5, 5.41) is 3.51. The van der Waals surface area contributed by atoms with Crippen molar-refractivity contribution in [2.75, 3.05) is 13.2 Å². The number of rotatable bonds is 10. The molecule has 1 aromatic carbocycles. The van der Waals surface area contributed by atoms with E-state index in [-0.39, 0.29) is 0 Å². The average molecular weight is 328 g/mol. The van der Waals surface area contributed by atoms with E-state index in [4.69, 9.17) is 4.74 Å². The van der Waals surface area contributed by atoms with Crippen molar-refractivity contribution in [1.29, 1.82) is 0 Å². The van der Waals surface area contributed by atoms with E-state index < -0.39 is 0 Å². The molecule has 0 saturated heterocycles. The summed E-state index contributed by atoms with van der Waals surface area (Å²) in [6.07, 6.45) is 5.22.